The average molecular weight is 461 g/mol. The monoisotopic (exact) mass is 460 g/mol. The molecule has 0 fully saturated rings. The Morgan fingerprint density at radius 2 is 1.79 bits per heavy atom. The van der Waals surface area contributed by atoms with Crippen molar-refractivity contribution in [1.82, 2.24) is 5.32 Å². The number of nitrogens with one attached hydrogen (secondary N) is 1. The maximum absolute atomic E-state index is 11.4. The van der Waals surface area contributed by atoms with Crippen molar-refractivity contribution in [1.29, 1.82) is 0 Å². The molecule has 162 valence electrons. The normalized spacial score (nSPS) is 16.7. The molecular formula is C21H30Cl2N2O3S. The Kier molecular flexibility index (Phi) is 9.76. The van der Waals surface area contributed by atoms with Crippen LogP contribution in [0.25, 0.3) is 0 Å². The molecule has 2 aromatic rings. The van der Waals surface area contributed by atoms with Gasteiger partial charge in [-0.15, -0.1) is 24.8 Å². The minimum atomic E-state index is -2.96. The number of para-hydroxylation sites is 2. The zero-order chi connectivity index (χ0) is 19.4. The zero-order valence-corrected chi connectivity index (χ0v) is 19.4. The highest BCUT2D eigenvalue weighted by Gasteiger charge is 2.22. The number of fused-ring (bicyclic) bond motifs is 1. The van der Waals surface area contributed by atoms with Gasteiger partial charge in [-0.05, 0) is 29.2 Å². The number of sulfone groups is 1. The number of likely N-dealkylation sites (N-methyl/N-ethyl adjacent to an activating group) is 1. The fourth-order valence-corrected chi connectivity index (χ4v) is 4.59. The third-order valence-electron chi connectivity index (χ3n) is 4.85. The van der Waals surface area contributed by atoms with E-state index < -0.39 is 9.84 Å². The Labute approximate surface area is 186 Å². The smallest absolute Gasteiger partial charge is 0.148 e. The van der Waals surface area contributed by atoms with Gasteiger partial charge in [-0.1, -0.05) is 43.3 Å². The molecule has 29 heavy (non-hydrogen) atoms. The number of hydrogen-bond donors (Lipinski definition) is 1. The molecule has 1 aliphatic heterocycles. The summed E-state index contributed by atoms with van der Waals surface area (Å²) in [5.41, 5.74) is 3.36. The molecule has 5 nitrogen and oxygen atoms in total. The molecule has 0 saturated heterocycles. The molecule has 0 aromatic heterocycles. The summed E-state index contributed by atoms with van der Waals surface area (Å²) in [5.74, 6) is 1.12. The van der Waals surface area contributed by atoms with Crippen LogP contribution in [-0.4, -0.2) is 46.7 Å². The van der Waals surface area contributed by atoms with Crippen molar-refractivity contribution in [2.24, 2.45) is 0 Å². The molecular weight excluding hydrogens is 431 g/mol. The highest BCUT2D eigenvalue weighted by Crippen LogP contribution is 2.31. The van der Waals surface area contributed by atoms with E-state index in [4.69, 9.17) is 4.74 Å². The molecule has 0 radical (unpaired) electrons. The molecule has 3 rings (SSSR count). The molecule has 1 aliphatic rings. The van der Waals surface area contributed by atoms with E-state index in [0.29, 0.717) is 0 Å². The van der Waals surface area contributed by atoms with Gasteiger partial charge >= 0.3 is 0 Å². The molecule has 1 heterocycles. The highest BCUT2D eigenvalue weighted by molar-refractivity contribution is 7.90. The third-order valence-corrected chi connectivity index (χ3v) is 5.96. The summed E-state index contributed by atoms with van der Waals surface area (Å²) < 4.78 is 29.0. The standard InChI is InChI=1S/C21H28N2O3S.2ClH/c1-16(15-27(3,24)25)18-10-8-17(9-11-18)12-22-13-19-14-23(2)20-6-4-5-7-21(20)26-19;;/h4-11,16,19,22H,12-15H2,1-3H3;2*1H/t16-,19?;;/m0../s1. The number of rotatable bonds is 7. The molecule has 8 heteroatoms. The zero-order valence-electron chi connectivity index (χ0n) is 17.0. The molecule has 0 aliphatic carbocycles. The first-order chi connectivity index (χ1) is 12.8. The molecule has 0 bridgehead atoms. The van der Waals surface area contributed by atoms with Crippen LogP contribution in [0.2, 0.25) is 0 Å². The van der Waals surface area contributed by atoms with Crippen molar-refractivity contribution >= 4 is 40.3 Å². The van der Waals surface area contributed by atoms with Crippen LogP contribution in [-0.2, 0) is 16.4 Å². The maximum Gasteiger partial charge on any atom is 0.148 e. The van der Waals surface area contributed by atoms with Crippen LogP contribution in [0.15, 0.2) is 48.5 Å². The van der Waals surface area contributed by atoms with Crippen molar-refractivity contribution in [3.05, 3.63) is 59.7 Å². The summed E-state index contributed by atoms with van der Waals surface area (Å²) >= 11 is 0. The molecule has 2 atom stereocenters. The summed E-state index contributed by atoms with van der Waals surface area (Å²) in [6, 6.07) is 16.3. The van der Waals surface area contributed by atoms with E-state index in [9.17, 15) is 8.42 Å². The third kappa shape index (κ3) is 7.37. The number of anilines is 1. The summed E-state index contributed by atoms with van der Waals surface area (Å²) in [7, 11) is -0.876. The first-order valence-corrected chi connectivity index (χ1v) is 11.3. The summed E-state index contributed by atoms with van der Waals surface area (Å²) in [5, 5.41) is 3.46. The Hall–Kier alpha value is -1.47. The molecule has 1 N–H and O–H groups in total. The number of halogens is 2. The minimum absolute atomic E-state index is 0. The van der Waals surface area contributed by atoms with Crippen LogP contribution in [0, 0.1) is 0 Å². The molecule has 0 spiro atoms. The molecule has 0 amide bonds. The average Bonchev–Trinajstić information content (AvgIpc) is 2.61. The second-order valence-electron chi connectivity index (χ2n) is 7.45. The van der Waals surface area contributed by atoms with Crippen LogP contribution in [0.5, 0.6) is 5.75 Å². The van der Waals surface area contributed by atoms with E-state index in [1.165, 1.54) is 11.8 Å². The van der Waals surface area contributed by atoms with E-state index in [1.807, 2.05) is 37.3 Å². The van der Waals surface area contributed by atoms with E-state index >= 15 is 0 Å². The second kappa shape index (κ2) is 11.1. The lowest BCUT2D eigenvalue weighted by Crippen LogP contribution is -2.43. The summed E-state index contributed by atoms with van der Waals surface area (Å²) in [6.07, 6.45) is 1.39. The van der Waals surface area contributed by atoms with Gasteiger partial charge in [-0.25, -0.2) is 8.42 Å². The van der Waals surface area contributed by atoms with Gasteiger partial charge in [-0.2, -0.15) is 0 Å². The molecule has 0 saturated carbocycles. The van der Waals surface area contributed by atoms with Gasteiger partial charge in [0.15, 0.2) is 0 Å². The summed E-state index contributed by atoms with van der Waals surface area (Å²) in [6.45, 7) is 4.33. The topological polar surface area (TPSA) is 58.6 Å². The van der Waals surface area contributed by atoms with Crippen molar-refractivity contribution in [2.75, 3.05) is 37.0 Å². The van der Waals surface area contributed by atoms with Crippen LogP contribution in [0.1, 0.15) is 24.0 Å². The highest BCUT2D eigenvalue weighted by atomic mass is 35.5. The number of nitrogens with zero attached hydrogens (tertiary/aromatic N) is 1. The second-order valence-corrected chi connectivity index (χ2v) is 9.64. The van der Waals surface area contributed by atoms with Gasteiger partial charge in [0, 0.05) is 26.4 Å². The summed E-state index contributed by atoms with van der Waals surface area (Å²) in [4.78, 5) is 2.23. The number of hydrogen-bond acceptors (Lipinski definition) is 5. The van der Waals surface area contributed by atoms with E-state index in [-0.39, 0.29) is 42.6 Å². The van der Waals surface area contributed by atoms with Crippen LogP contribution in [0.3, 0.4) is 0 Å². The Bertz CT molecular complexity index is 876. The fourth-order valence-electron chi connectivity index (χ4n) is 3.49. The molecule has 2 aromatic carbocycles. The lowest BCUT2D eigenvalue weighted by molar-refractivity contribution is 0.192. The number of ether oxygens (including phenoxy) is 1. The quantitative estimate of drug-likeness (QED) is 0.682. The van der Waals surface area contributed by atoms with Crippen molar-refractivity contribution in [2.45, 2.75) is 25.5 Å². The Morgan fingerprint density at radius 1 is 1.14 bits per heavy atom. The first kappa shape index (κ1) is 25.6. The maximum atomic E-state index is 11.4. The van der Waals surface area contributed by atoms with Gasteiger partial charge < -0.3 is 15.0 Å². The Balaban J connectivity index is 0.00000210. The van der Waals surface area contributed by atoms with Gasteiger partial charge in [0.25, 0.3) is 0 Å². The molecule has 1 unspecified atom stereocenters. The fraction of sp³-hybridized carbons (Fsp3) is 0.429. The van der Waals surface area contributed by atoms with E-state index in [1.54, 1.807) is 0 Å². The van der Waals surface area contributed by atoms with Crippen molar-refractivity contribution < 1.29 is 13.2 Å². The van der Waals surface area contributed by atoms with E-state index in [2.05, 4.69) is 35.5 Å². The lowest BCUT2D eigenvalue weighted by Gasteiger charge is -2.33. The largest absolute Gasteiger partial charge is 0.485 e. The SMILES string of the molecule is C[C@@H](CS(C)(=O)=O)c1ccc(CNCC2CN(C)c3ccccc3O2)cc1.Cl.Cl. The number of benzene rings is 2. The van der Waals surface area contributed by atoms with Gasteiger partial charge in [-0.3, -0.25) is 0 Å². The van der Waals surface area contributed by atoms with Gasteiger partial charge in [0.05, 0.1) is 18.0 Å². The van der Waals surface area contributed by atoms with Crippen LogP contribution in [0.4, 0.5) is 5.69 Å². The van der Waals surface area contributed by atoms with Crippen LogP contribution >= 0.6 is 24.8 Å². The predicted molar refractivity (Wildman–Crippen MR) is 125 cm³/mol. The van der Waals surface area contributed by atoms with Gasteiger partial charge in [0.1, 0.15) is 21.7 Å². The van der Waals surface area contributed by atoms with E-state index in [0.717, 1.165) is 36.6 Å². The van der Waals surface area contributed by atoms with Crippen LogP contribution < -0.4 is 15.0 Å². The predicted octanol–water partition coefficient (Wildman–Crippen LogP) is 3.67. The lowest BCUT2D eigenvalue weighted by atomic mass is 10.0. The van der Waals surface area contributed by atoms with Crippen molar-refractivity contribution in [3.63, 3.8) is 0 Å². The minimum Gasteiger partial charge on any atom is -0.485 e. The van der Waals surface area contributed by atoms with Gasteiger partial charge in [0.2, 0.25) is 0 Å². The Morgan fingerprint density at radius 3 is 2.45 bits per heavy atom. The van der Waals surface area contributed by atoms with Crippen molar-refractivity contribution in [3.8, 4) is 5.75 Å². The first-order valence-electron chi connectivity index (χ1n) is 9.26.